The summed E-state index contributed by atoms with van der Waals surface area (Å²) in [4.78, 5) is 2.55. The first-order chi connectivity index (χ1) is 8.33. The van der Waals surface area contributed by atoms with E-state index in [1.165, 1.54) is 48.8 Å². The molecule has 0 saturated carbocycles. The zero-order valence-corrected chi connectivity index (χ0v) is 11.8. The van der Waals surface area contributed by atoms with Crippen molar-refractivity contribution in [2.75, 3.05) is 19.6 Å². The summed E-state index contributed by atoms with van der Waals surface area (Å²) in [7, 11) is 0. The number of hydrogen-bond donors (Lipinski definition) is 1. The summed E-state index contributed by atoms with van der Waals surface area (Å²) in [5.74, 6) is 0. The van der Waals surface area contributed by atoms with Crippen molar-refractivity contribution in [3.05, 3.63) is 34.3 Å². The molecule has 2 rings (SSSR count). The fourth-order valence-electron chi connectivity index (χ4n) is 2.62. The van der Waals surface area contributed by atoms with E-state index >= 15 is 0 Å². The summed E-state index contributed by atoms with van der Waals surface area (Å²) in [6, 6.07) is 8.82. The van der Waals surface area contributed by atoms with E-state index in [0.29, 0.717) is 12.6 Å². The maximum absolute atomic E-state index is 5.99. The van der Waals surface area contributed by atoms with Crippen LogP contribution in [0.1, 0.15) is 37.3 Å². The summed E-state index contributed by atoms with van der Waals surface area (Å²) in [6.07, 6.45) is 5.34. The Hall–Kier alpha value is -0.380. The second-order valence-corrected chi connectivity index (χ2v) is 5.58. The Morgan fingerprint density at radius 2 is 1.76 bits per heavy atom. The molecule has 0 radical (unpaired) electrons. The molecule has 17 heavy (non-hydrogen) atoms. The molecule has 1 aromatic rings. The molecule has 1 heterocycles. The van der Waals surface area contributed by atoms with Gasteiger partial charge in [0.2, 0.25) is 0 Å². The molecule has 0 aliphatic carbocycles. The third-order valence-electron chi connectivity index (χ3n) is 3.57. The van der Waals surface area contributed by atoms with Crippen molar-refractivity contribution in [1.82, 2.24) is 4.90 Å². The van der Waals surface area contributed by atoms with E-state index < -0.39 is 0 Å². The van der Waals surface area contributed by atoms with E-state index in [4.69, 9.17) is 5.73 Å². The lowest BCUT2D eigenvalue weighted by molar-refractivity contribution is 0.209. The molecule has 2 nitrogen and oxygen atoms in total. The molecule has 0 bridgehead atoms. The monoisotopic (exact) mass is 296 g/mol. The second kappa shape index (κ2) is 6.53. The lowest BCUT2D eigenvalue weighted by atomic mass is 10.1. The highest BCUT2D eigenvalue weighted by molar-refractivity contribution is 9.10. The fourth-order valence-corrected chi connectivity index (χ4v) is 3.17. The molecule has 1 atom stereocenters. The molecule has 1 fully saturated rings. The van der Waals surface area contributed by atoms with Gasteiger partial charge >= 0.3 is 0 Å². The van der Waals surface area contributed by atoms with Gasteiger partial charge in [-0.3, -0.25) is 4.90 Å². The van der Waals surface area contributed by atoms with Crippen molar-refractivity contribution in [1.29, 1.82) is 0 Å². The molecule has 1 aliphatic heterocycles. The summed E-state index contributed by atoms with van der Waals surface area (Å²) in [5, 5.41) is 0. The van der Waals surface area contributed by atoms with Crippen molar-refractivity contribution in [2.45, 2.75) is 31.7 Å². The lowest BCUT2D eigenvalue weighted by Gasteiger charge is -2.30. The van der Waals surface area contributed by atoms with Gasteiger partial charge in [-0.25, -0.2) is 0 Å². The predicted octanol–water partition coefficient (Wildman–Crippen LogP) is 3.32. The molecular formula is C14H21BrN2. The summed E-state index contributed by atoms with van der Waals surface area (Å²) < 4.78 is 1.18. The first-order valence-electron chi connectivity index (χ1n) is 6.51. The molecule has 0 spiro atoms. The molecule has 1 saturated heterocycles. The van der Waals surface area contributed by atoms with Crippen LogP contribution in [0.5, 0.6) is 0 Å². The van der Waals surface area contributed by atoms with Crippen molar-refractivity contribution in [3.63, 3.8) is 0 Å². The summed E-state index contributed by atoms with van der Waals surface area (Å²) >= 11 is 3.64. The SMILES string of the molecule is NCC(c1ccccc1Br)N1CCCCCC1. The Bertz CT molecular complexity index is 346. The zero-order chi connectivity index (χ0) is 12.1. The molecule has 1 unspecified atom stereocenters. The van der Waals surface area contributed by atoms with Gasteiger partial charge in [-0.15, -0.1) is 0 Å². The maximum Gasteiger partial charge on any atom is 0.0481 e. The number of hydrogen-bond acceptors (Lipinski definition) is 2. The van der Waals surface area contributed by atoms with Crippen molar-refractivity contribution in [3.8, 4) is 0 Å². The van der Waals surface area contributed by atoms with Crippen LogP contribution in [0.25, 0.3) is 0 Å². The number of rotatable bonds is 3. The smallest absolute Gasteiger partial charge is 0.0481 e. The largest absolute Gasteiger partial charge is 0.329 e. The fraction of sp³-hybridized carbons (Fsp3) is 0.571. The van der Waals surface area contributed by atoms with Gasteiger partial charge in [0, 0.05) is 17.1 Å². The van der Waals surface area contributed by atoms with Crippen LogP contribution in [0.15, 0.2) is 28.7 Å². The van der Waals surface area contributed by atoms with Crippen molar-refractivity contribution in [2.24, 2.45) is 5.73 Å². The van der Waals surface area contributed by atoms with E-state index in [1.807, 2.05) is 0 Å². The van der Waals surface area contributed by atoms with Crippen LogP contribution < -0.4 is 5.73 Å². The third kappa shape index (κ3) is 3.30. The number of benzene rings is 1. The van der Waals surface area contributed by atoms with Gasteiger partial charge in [0.1, 0.15) is 0 Å². The number of nitrogens with zero attached hydrogens (tertiary/aromatic N) is 1. The Labute approximate surface area is 112 Å². The average Bonchev–Trinajstić information content (AvgIpc) is 2.62. The highest BCUT2D eigenvalue weighted by atomic mass is 79.9. The van der Waals surface area contributed by atoms with Gasteiger partial charge in [-0.1, -0.05) is 47.0 Å². The first kappa shape index (κ1) is 13.1. The van der Waals surface area contributed by atoms with Crippen LogP contribution in [0.4, 0.5) is 0 Å². The second-order valence-electron chi connectivity index (χ2n) is 4.72. The average molecular weight is 297 g/mol. The minimum absolute atomic E-state index is 0.365. The minimum Gasteiger partial charge on any atom is -0.329 e. The first-order valence-corrected chi connectivity index (χ1v) is 7.31. The van der Waals surface area contributed by atoms with E-state index in [0.717, 1.165) is 0 Å². The topological polar surface area (TPSA) is 29.3 Å². The van der Waals surface area contributed by atoms with Crippen LogP contribution in [0, 0.1) is 0 Å². The lowest BCUT2D eigenvalue weighted by Crippen LogP contribution is -2.34. The van der Waals surface area contributed by atoms with Gasteiger partial charge in [0.05, 0.1) is 0 Å². The number of halogens is 1. The Morgan fingerprint density at radius 3 is 2.35 bits per heavy atom. The van der Waals surface area contributed by atoms with E-state index in [2.05, 4.69) is 45.1 Å². The molecule has 94 valence electrons. The molecule has 1 aromatic carbocycles. The van der Waals surface area contributed by atoms with Gasteiger partial charge in [0.15, 0.2) is 0 Å². The van der Waals surface area contributed by atoms with Crippen LogP contribution in [0.2, 0.25) is 0 Å². The van der Waals surface area contributed by atoms with Crippen LogP contribution in [-0.2, 0) is 0 Å². The standard InChI is InChI=1S/C14H21BrN2/c15-13-8-4-3-7-12(13)14(11-16)17-9-5-1-2-6-10-17/h3-4,7-8,14H,1-2,5-6,9-11,16H2. The van der Waals surface area contributed by atoms with Gasteiger partial charge < -0.3 is 5.73 Å². The maximum atomic E-state index is 5.99. The normalized spacial score (nSPS) is 19.9. The summed E-state index contributed by atoms with van der Waals surface area (Å²) in [6.45, 7) is 3.06. The number of nitrogens with two attached hydrogens (primary N) is 1. The molecule has 3 heteroatoms. The van der Waals surface area contributed by atoms with E-state index in [9.17, 15) is 0 Å². The molecule has 0 amide bonds. The van der Waals surface area contributed by atoms with E-state index in [-0.39, 0.29) is 0 Å². The molecule has 0 aromatic heterocycles. The van der Waals surface area contributed by atoms with Gasteiger partial charge in [-0.05, 0) is 37.6 Å². The van der Waals surface area contributed by atoms with E-state index in [1.54, 1.807) is 0 Å². The highest BCUT2D eigenvalue weighted by Gasteiger charge is 2.21. The van der Waals surface area contributed by atoms with Crippen molar-refractivity contribution < 1.29 is 0 Å². The summed E-state index contributed by atoms with van der Waals surface area (Å²) in [5.41, 5.74) is 7.32. The van der Waals surface area contributed by atoms with Crippen LogP contribution >= 0.6 is 15.9 Å². The number of likely N-dealkylation sites (tertiary alicyclic amines) is 1. The molecule has 1 aliphatic rings. The zero-order valence-electron chi connectivity index (χ0n) is 10.2. The van der Waals surface area contributed by atoms with Gasteiger partial charge in [0.25, 0.3) is 0 Å². The third-order valence-corrected chi connectivity index (χ3v) is 4.29. The molecule has 2 N–H and O–H groups in total. The quantitative estimate of drug-likeness (QED) is 0.927. The van der Waals surface area contributed by atoms with Crippen molar-refractivity contribution >= 4 is 15.9 Å². The molecular weight excluding hydrogens is 276 g/mol. The predicted molar refractivity (Wildman–Crippen MR) is 76.0 cm³/mol. The van der Waals surface area contributed by atoms with Crippen LogP contribution in [0.3, 0.4) is 0 Å². The Balaban J connectivity index is 2.17. The highest BCUT2D eigenvalue weighted by Crippen LogP contribution is 2.28. The minimum atomic E-state index is 0.365. The van der Waals surface area contributed by atoms with Gasteiger partial charge in [-0.2, -0.15) is 0 Å². The Kier molecular flexibility index (Phi) is 5.01. The Morgan fingerprint density at radius 1 is 1.12 bits per heavy atom. The van der Waals surface area contributed by atoms with Crippen LogP contribution in [-0.4, -0.2) is 24.5 Å².